The molecular formula is C16H21FN2O. The van der Waals surface area contributed by atoms with Crippen molar-refractivity contribution in [2.75, 3.05) is 0 Å². The summed E-state index contributed by atoms with van der Waals surface area (Å²) in [6, 6.07) is 2.91. The third-order valence-electron chi connectivity index (χ3n) is 4.33. The van der Waals surface area contributed by atoms with E-state index in [4.69, 9.17) is 0 Å². The lowest BCUT2D eigenvalue weighted by molar-refractivity contribution is 0.132. The monoisotopic (exact) mass is 276 g/mol. The van der Waals surface area contributed by atoms with Gasteiger partial charge in [-0.2, -0.15) is 0 Å². The topological polar surface area (TPSA) is 48.0 Å². The van der Waals surface area contributed by atoms with Gasteiger partial charge in [-0.15, -0.1) is 0 Å². The van der Waals surface area contributed by atoms with Gasteiger partial charge in [0.05, 0.1) is 6.10 Å². The summed E-state index contributed by atoms with van der Waals surface area (Å²) in [5.74, 6) is -0.314. The molecule has 1 saturated heterocycles. The number of aryl methyl sites for hydroxylation is 1. The Morgan fingerprint density at radius 2 is 2.15 bits per heavy atom. The van der Waals surface area contributed by atoms with E-state index in [0.717, 1.165) is 29.3 Å². The van der Waals surface area contributed by atoms with Crippen molar-refractivity contribution in [1.29, 1.82) is 0 Å². The number of aromatic nitrogens is 1. The second-order valence-corrected chi connectivity index (χ2v) is 6.51. The molecule has 0 amide bonds. The van der Waals surface area contributed by atoms with Gasteiger partial charge in [-0.1, -0.05) is 0 Å². The van der Waals surface area contributed by atoms with Crippen LogP contribution in [0.5, 0.6) is 0 Å². The van der Waals surface area contributed by atoms with Crippen molar-refractivity contribution in [2.24, 2.45) is 0 Å². The molecule has 2 aromatic rings. The Kier molecular flexibility index (Phi) is 3.10. The van der Waals surface area contributed by atoms with Crippen LogP contribution in [-0.2, 0) is 0 Å². The summed E-state index contributed by atoms with van der Waals surface area (Å²) in [5.41, 5.74) is 2.49. The molecule has 3 rings (SSSR count). The molecule has 1 aliphatic heterocycles. The van der Waals surface area contributed by atoms with Crippen molar-refractivity contribution in [3.05, 3.63) is 35.3 Å². The van der Waals surface area contributed by atoms with Gasteiger partial charge in [-0.25, -0.2) is 4.39 Å². The van der Waals surface area contributed by atoms with Crippen LogP contribution >= 0.6 is 0 Å². The van der Waals surface area contributed by atoms with Crippen LogP contribution in [0, 0.1) is 12.7 Å². The smallest absolute Gasteiger partial charge is 0.125 e. The van der Waals surface area contributed by atoms with Gasteiger partial charge in [0.15, 0.2) is 0 Å². The molecule has 3 nitrogen and oxygen atoms in total. The van der Waals surface area contributed by atoms with Gasteiger partial charge in [0, 0.05) is 28.7 Å². The number of hydrogen-bond acceptors (Lipinski definition) is 2. The van der Waals surface area contributed by atoms with Gasteiger partial charge in [0.1, 0.15) is 5.82 Å². The zero-order valence-electron chi connectivity index (χ0n) is 12.1. The van der Waals surface area contributed by atoms with E-state index in [0.29, 0.717) is 5.56 Å². The zero-order chi connectivity index (χ0) is 14.5. The highest BCUT2D eigenvalue weighted by molar-refractivity contribution is 5.87. The predicted octanol–water partition coefficient (Wildman–Crippen LogP) is 3.18. The maximum atomic E-state index is 13.8. The minimum Gasteiger partial charge on any atom is -0.387 e. The molecule has 4 heteroatoms. The van der Waals surface area contributed by atoms with Gasteiger partial charge >= 0.3 is 0 Å². The molecular weight excluding hydrogens is 255 g/mol. The summed E-state index contributed by atoms with van der Waals surface area (Å²) in [7, 11) is 0. The summed E-state index contributed by atoms with van der Waals surface area (Å²) in [6.45, 7) is 6.23. The van der Waals surface area contributed by atoms with Crippen molar-refractivity contribution in [3.8, 4) is 0 Å². The van der Waals surface area contributed by atoms with E-state index >= 15 is 0 Å². The molecule has 0 radical (unpaired) electrons. The Labute approximate surface area is 118 Å². The molecule has 0 bridgehead atoms. The quantitative estimate of drug-likeness (QED) is 0.789. The van der Waals surface area contributed by atoms with Crippen molar-refractivity contribution >= 4 is 10.9 Å². The van der Waals surface area contributed by atoms with E-state index in [1.807, 2.05) is 13.1 Å². The summed E-state index contributed by atoms with van der Waals surface area (Å²) in [5, 5.41) is 15.1. The van der Waals surface area contributed by atoms with Gasteiger partial charge in [-0.3, -0.25) is 0 Å². The average molecular weight is 276 g/mol. The number of fused-ring (bicyclic) bond motifs is 1. The highest BCUT2D eigenvalue weighted by Gasteiger charge is 2.35. The summed E-state index contributed by atoms with van der Waals surface area (Å²) < 4.78 is 13.8. The molecule has 1 aliphatic rings. The highest BCUT2D eigenvalue weighted by Crippen LogP contribution is 2.35. The maximum Gasteiger partial charge on any atom is 0.125 e. The largest absolute Gasteiger partial charge is 0.387 e. The molecule has 108 valence electrons. The van der Waals surface area contributed by atoms with Crippen molar-refractivity contribution in [1.82, 2.24) is 10.3 Å². The summed E-state index contributed by atoms with van der Waals surface area (Å²) in [6.07, 6.45) is 3.07. The van der Waals surface area contributed by atoms with Crippen LogP contribution in [0.2, 0.25) is 0 Å². The number of rotatable bonds is 2. The van der Waals surface area contributed by atoms with Crippen LogP contribution in [0.3, 0.4) is 0 Å². The Hall–Kier alpha value is -1.39. The number of aliphatic hydroxyl groups excluding tert-OH is 1. The Bertz CT molecular complexity index is 647. The average Bonchev–Trinajstić information content (AvgIpc) is 2.91. The molecule has 0 spiro atoms. The standard InChI is InChI=1S/C16H21FN2O/c1-9-8-18-13-7-10(17)6-11(14(9)13)15(20)12-4-5-16(2,3)19-12/h6-8,12,15,18-20H,4-5H2,1-3H3/t12-,15+/m0/s1. The molecule has 1 aromatic carbocycles. The van der Waals surface area contributed by atoms with Gasteiger partial charge in [0.2, 0.25) is 0 Å². The molecule has 1 fully saturated rings. The van der Waals surface area contributed by atoms with Crippen LogP contribution in [0.4, 0.5) is 4.39 Å². The second-order valence-electron chi connectivity index (χ2n) is 6.51. The first-order valence-corrected chi connectivity index (χ1v) is 7.10. The number of aromatic amines is 1. The number of nitrogens with one attached hydrogen (secondary N) is 2. The van der Waals surface area contributed by atoms with Crippen molar-refractivity contribution < 1.29 is 9.50 Å². The first-order chi connectivity index (χ1) is 9.37. The van der Waals surface area contributed by atoms with E-state index in [1.54, 1.807) is 0 Å². The summed E-state index contributed by atoms with van der Waals surface area (Å²) >= 11 is 0. The van der Waals surface area contributed by atoms with Gasteiger partial charge in [0.25, 0.3) is 0 Å². The number of hydrogen-bond donors (Lipinski definition) is 3. The number of halogens is 1. The second kappa shape index (κ2) is 4.57. The fourth-order valence-electron chi connectivity index (χ4n) is 3.29. The van der Waals surface area contributed by atoms with Crippen molar-refractivity contribution in [2.45, 2.75) is 51.3 Å². The molecule has 2 heterocycles. The Morgan fingerprint density at radius 3 is 2.80 bits per heavy atom. The van der Waals surface area contributed by atoms with Crippen LogP contribution in [-0.4, -0.2) is 21.7 Å². The van der Waals surface area contributed by atoms with E-state index in [-0.39, 0.29) is 17.4 Å². The molecule has 0 aliphatic carbocycles. The van der Waals surface area contributed by atoms with E-state index in [1.165, 1.54) is 12.1 Å². The third-order valence-corrected chi connectivity index (χ3v) is 4.33. The van der Waals surface area contributed by atoms with E-state index < -0.39 is 6.10 Å². The zero-order valence-corrected chi connectivity index (χ0v) is 12.1. The Balaban J connectivity index is 2.03. The lowest BCUT2D eigenvalue weighted by atomic mass is 9.96. The SMILES string of the molecule is Cc1c[nH]c2cc(F)cc([C@@H](O)[C@@H]3CCC(C)(C)N3)c12. The van der Waals surface area contributed by atoms with E-state index in [2.05, 4.69) is 24.1 Å². The summed E-state index contributed by atoms with van der Waals surface area (Å²) in [4.78, 5) is 3.06. The fourth-order valence-corrected chi connectivity index (χ4v) is 3.29. The number of benzene rings is 1. The first-order valence-electron chi connectivity index (χ1n) is 7.10. The van der Waals surface area contributed by atoms with Crippen LogP contribution in [0.15, 0.2) is 18.3 Å². The maximum absolute atomic E-state index is 13.8. The molecule has 20 heavy (non-hydrogen) atoms. The first kappa shape index (κ1) is 13.6. The van der Waals surface area contributed by atoms with Crippen LogP contribution in [0.1, 0.15) is 43.9 Å². The molecule has 3 N–H and O–H groups in total. The molecule has 0 saturated carbocycles. The van der Waals surface area contributed by atoms with Crippen LogP contribution in [0.25, 0.3) is 10.9 Å². The highest BCUT2D eigenvalue weighted by atomic mass is 19.1. The lowest BCUT2D eigenvalue weighted by Gasteiger charge is -2.24. The molecule has 2 atom stereocenters. The van der Waals surface area contributed by atoms with Crippen LogP contribution < -0.4 is 5.32 Å². The third kappa shape index (κ3) is 2.23. The number of H-pyrrole nitrogens is 1. The molecule has 0 unspecified atom stereocenters. The van der Waals surface area contributed by atoms with Gasteiger partial charge in [-0.05, 0) is 56.9 Å². The fraction of sp³-hybridized carbons (Fsp3) is 0.500. The normalized spacial score (nSPS) is 23.4. The van der Waals surface area contributed by atoms with E-state index in [9.17, 15) is 9.50 Å². The minimum atomic E-state index is -0.690. The molecule has 1 aromatic heterocycles. The van der Waals surface area contributed by atoms with Crippen molar-refractivity contribution in [3.63, 3.8) is 0 Å². The minimum absolute atomic E-state index is 0.0238. The Morgan fingerprint density at radius 1 is 1.40 bits per heavy atom. The van der Waals surface area contributed by atoms with Gasteiger partial charge < -0.3 is 15.4 Å². The lowest BCUT2D eigenvalue weighted by Crippen LogP contribution is -2.40. The predicted molar refractivity (Wildman–Crippen MR) is 78.2 cm³/mol. The number of aliphatic hydroxyl groups is 1.